The van der Waals surface area contributed by atoms with Gasteiger partial charge in [-0.05, 0) is 11.6 Å². The van der Waals surface area contributed by atoms with Crippen molar-refractivity contribution < 1.29 is 4.74 Å². The predicted molar refractivity (Wildman–Crippen MR) is 72.9 cm³/mol. The van der Waals surface area contributed by atoms with Crippen molar-refractivity contribution in [3.05, 3.63) is 59.2 Å². The summed E-state index contributed by atoms with van der Waals surface area (Å²) in [5.74, 6) is 0.598. The molecule has 0 saturated carbocycles. The zero-order valence-electron chi connectivity index (χ0n) is 9.97. The smallest absolute Gasteiger partial charge is 0.213 e. The first-order valence-corrected chi connectivity index (χ1v) is 6.21. The highest BCUT2D eigenvalue weighted by Crippen LogP contribution is 2.10. The van der Waals surface area contributed by atoms with E-state index in [1.807, 2.05) is 18.2 Å². The minimum atomic E-state index is 0.585. The van der Waals surface area contributed by atoms with E-state index in [2.05, 4.69) is 22.4 Å². The lowest BCUT2D eigenvalue weighted by Gasteiger charge is -2.06. The maximum atomic E-state index is 5.73. The zero-order chi connectivity index (χ0) is 12.6. The summed E-state index contributed by atoms with van der Waals surface area (Å²) in [5.41, 5.74) is 1.27. The molecular formula is C14H15ClN2O. The second-order valence-electron chi connectivity index (χ2n) is 3.83. The Balaban J connectivity index is 1.63. The van der Waals surface area contributed by atoms with Gasteiger partial charge in [0.1, 0.15) is 6.61 Å². The summed E-state index contributed by atoms with van der Waals surface area (Å²) in [6.07, 6.45) is 1.58. The number of ether oxygens (including phenoxy) is 1. The fraction of sp³-hybridized carbons (Fsp3) is 0.214. The van der Waals surface area contributed by atoms with Crippen LogP contribution >= 0.6 is 11.6 Å². The molecule has 0 aliphatic rings. The molecule has 0 amide bonds. The molecule has 1 aromatic heterocycles. The van der Waals surface area contributed by atoms with Gasteiger partial charge in [-0.25, -0.2) is 4.98 Å². The third-order valence-electron chi connectivity index (χ3n) is 2.40. The quantitative estimate of drug-likeness (QED) is 0.813. The first-order chi connectivity index (χ1) is 8.84. The minimum Gasteiger partial charge on any atom is -0.476 e. The molecule has 94 valence electrons. The average molecular weight is 263 g/mol. The fourth-order valence-electron chi connectivity index (χ4n) is 1.50. The molecule has 0 fully saturated rings. The summed E-state index contributed by atoms with van der Waals surface area (Å²) < 4.78 is 5.47. The topological polar surface area (TPSA) is 34.1 Å². The average Bonchev–Trinajstić information content (AvgIpc) is 2.42. The maximum Gasteiger partial charge on any atom is 0.213 e. The standard InChI is InChI=1S/C14H15ClN2O/c15-13-6-7-14(17-11-13)18-9-8-16-10-12-4-2-1-3-5-12/h1-7,11,16H,8-10H2. The van der Waals surface area contributed by atoms with Gasteiger partial charge in [-0.2, -0.15) is 0 Å². The van der Waals surface area contributed by atoms with E-state index in [4.69, 9.17) is 16.3 Å². The van der Waals surface area contributed by atoms with E-state index in [0.717, 1.165) is 13.1 Å². The lowest BCUT2D eigenvalue weighted by atomic mass is 10.2. The lowest BCUT2D eigenvalue weighted by molar-refractivity contribution is 0.302. The van der Waals surface area contributed by atoms with Gasteiger partial charge in [0.25, 0.3) is 0 Å². The van der Waals surface area contributed by atoms with Crippen molar-refractivity contribution >= 4 is 11.6 Å². The van der Waals surface area contributed by atoms with Crippen LogP contribution in [0.5, 0.6) is 5.88 Å². The Morgan fingerprint density at radius 1 is 1.11 bits per heavy atom. The fourth-order valence-corrected chi connectivity index (χ4v) is 1.62. The molecule has 0 saturated heterocycles. The number of pyridine rings is 1. The molecule has 4 heteroatoms. The van der Waals surface area contributed by atoms with Crippen LogP contribution in [0.1, 0.15) is 5.56 Å². The van der Waals surface area contributed by atoms with Gasteiger partial charge in [-0.3, -0.25) is 0 Å². The Bertz CT molecular complexity index is 459. The molecule has 1 N–H and O–H groups in total. The van der Waals surface area contributed by atoms with Crippen molar-refractivity contribution in [3.63, 3.8) is 0 Å². The molecule has 2 rings (SSSR count). The second-order valence-corrected chi connectivity index (χ2v) is 4.26. The Labute approximate surface area is 112 Å². The first kappa shape index (κ1) is 12.9. The number of benzene rings is 1. The highest BCUT2D eigenvalue weighted by atomic mass is 35.5. The Hall–Kier alpha value is -1.58. The molecule has 0 aliphatic carbocycles. The molecule has 0 bridgehead atoms. The van der Waals surface area contributed by atoms with Crippen LogP contribution in [0.25, 0.3) is 0 Å². The molecule has 0 aliphatic heterocycles. The van der Waals surface area contributed by atoms with Crippen molar-refractivity contribution in [2.24, 2.45) is 0 Å². The summed E-state index contributed by atoms with van der Waals surface area (Å²) in [6, 6.07) is 13.8. The van der Waals surface area contributed by atoms with Gasteiger partial charge in [0.05, 0.1) is 5.02 Å². The second kappa shape index (κ2) is 6.99. The van der Waals surface area contributed by atoms with Crippen LogP contribution in [-0.2, 0) is 6.54 Å². The van der Waals surface area contributed by atoms with E-state index >= 15 is 0 Å². The van der Waals surface area contributed by atoms with Gasteiger partial charge in [0.2, 0.25) is 5.88 Å². The van der Waals surface area contributed by atoms with Crippen LogP contribution in [0.3, 0.4) is 0 Å². The molecular weight excluding hydrogens is 248 g/mol. The Morgan fingerprint density at radius 2 is 1.94 bits per heavy atom. The number of rotatable bonds is 6. The summed E-state index contributed by atoms with van der Waals surface area (Å²) >= 11 is 5.73. The molecule has 0 unspecified atom stereocenters. The number of hydrogen-bond acceptors (Lipinski definition) is 3. The molecule has 2 aromatic rings. The number of nitrogens with one attached hydrogen (secondary N) is 1. The molecule has 0 spiro atoms. The van der Waals surface area contributed by atoms with Crippen LogP contribution in [0.4, 0.5) is 0 Å². The van der Waals surface area contributed by atoms with Gasteiger partial charge >= 0.3 is 0 Å². The van der Waals surface area contributed by atoms with Crippen molar-refractivity contribution in [1.82, 2.24) is 10.3 Å². The molecule has 18 heavy (non-hydrogen) atoms. The minimum absolute atomic E-state index is 0.585. The summed E-state index contributed by atoms with van der Waals surface area (Å²) in [4.78, 5) is 4.05. The van der Waals surface area contributed by atoms with E-state index in [1.165, 1.54) is 5.56 Å². The summed E-state index contributed by atoms with van der Waals surface area (Å²) in [6.45, 7) is 2.21. The van der Waals surface area contributed by atoms with Crippen molar-refractivity contribution in [1.29, 1.82) is 0 Å². The highest BCUT2D eigenvalue weighted by molar-refractivity contribution is 6.30. The van der Waals surface area contributed by atoms with Crippen LogP contribution in [-0.4, -0.2) is 18.1 Å². The molecule has 1 heterocycles. The first-order valence-electron chi connectivity index (χ1n) is 5.83. The van der Waals surface area contributed by atoms with E-state index in [0.29, 0.717) is 17.5 Å². The van der Waals surface area contributed by atoms with E-state index < -0.39 is 0 Å². The molecule has 0 radical (unpaired) electrons. The molecule has 3 nitrogen and oxygen atoms in total. The molecule has 0 atom stereocenters. The van der Waals surface area contributed by atoms with Gasteiger partial charge in [0, 0.05) is 25.4 Å². The zero-order valence-corrected chi connectivity index (χ0v) is 10.7. The van der Waals surface area contributed by atoms with Crippen LogP contribution in [0, 0.1) is 0 Å². The van der Waals surface area contributed by atoms with Crippen molar-refractivity contribution in [3.8, 4) is 5.88 Å². The SMILES string of the molecule is Clc1ccc(OCCNCc2ccccc2)nc1. The number of nitrogens with zero attached hydrogens (tertiary/aromatic N) is 1. The van der Waals surface area contributed by atoms with Crippen LogP contribution < -0.4 is 10.1 Å². The third-order valence-corrected chi connectivity index (χ3v) is 2.62. The van der Waals surface area contributed by atoms with Gasteiger partial charge in [0.15, 0.2) is 0 Å². The van der Waals surface area contributed by atoms with Crippen molar-refractivity contribution in [2.75, 3.05) is 13.2 Å². The third kappa shape index (κ3) is 4.35. The van der Waals surface area contributed by atoms with E-state index in [1.54, 1.807) is 18.3 Å². The van der Waals surface area contributed by atoms with Crippen LogP contribution in [0.2, 0.25) is 5.02 Å². The van der Waals surface area contributed by atoms with E-state index in [-0.39, 0.29) is 0 Å². The number of aromatic nitrogens is 1. The maximum absolute atomic E-state index is 5.73. The monoisotopic (exact) mass is 262 g/mol. The predicted octanol–water partition coefficient (Wildman–Crippen LogP) is 2.90. The van der Waals surface area contributed by atoms with Gasteiger partial charge < -0.3 is 10.1 Å². The lowest BCUT2D eigenvalue weighted by Crippen LogP contribution is -2.20. The molecule has 1 aromatic carbocycles. The normalized spacial score (nSPS) is 10.3. The van der Waals surface area contributed by atoms with Crippen LogP contribution in [0.15, 0.2) is 48.7 Å². The highest BCUT2D eigenvalue weighted by Gasteiger charge is 1.95. The Morgan fingerprint density at radius 3 is 2.67 bits per heavy atom. The van der Waals surface area contributed by atoms with Crippen molar-refractivity contribution in [2.45, 2.75) is 6.54 Å². The van der Waals surface area contributed by atoms with Gasteiger partial charge in [-0.15, -0.1) is 0 Å². The summed E-state index contributed by atoms with van der Waals surface area (Å²) in [7, 11) is 0. The summed E-state index contributed by atoms with van der Waals surface area (Å²) in [5, 5.41) is 3.92. The van der Waals surface area contributed by atoms with E-state index in [9.17, 15) is 0 Å². The Kier molecular flexibility index (Phi) is 5.00. The largest absolute Gasteiger partial charge is 0.476 e. The number of halogens is 1. The number of hydrogen-bond donors (Lipinski definition) is 1. The van der Waals surface area contributed by atoms with Gasteiger partial charge in [-0.1, -0.05) is 41.9 Å².